The van der Waals surface area contributed by atoms with Gasteiger partial charge in [0.2, 0.25) is 5.91 Å². The molecule has 0 spiro atoms. The number of amides is 1. The topological polar surface area (TPSA) is 29.1 Å². The minimum atomic E-state index is 0.0383. The molecule has 1 N–H and O–H groups in total. The number of rotatable bonds is 5. The quantitative estimate of drug-likeness (QED) is 0.776. The normalized spacial score (nSPS) is 12.7. The van der Waals surface area contributed by atoms with E-state index in [1.807, 2.05) is 6.92 Å². The molecule has 0 saturated carbocycles. The Morgan fingerprint density at radius 1 is 1.04 bits per heavy atom. The van der Waals surface area contributed by atoms with E-state index in [2.05, 4.69) is 82.4 Å². The van der Waals surface area contributed by atoms with Crippen LogP contribution >= 0.6 is 0 Å². The molecule has 0 fully saturated rings. The number of hydrogen-bond donors (Lipinski definition) is 1. The number of carbonyl (C=O) groups is 1. The predicted octanol–water partition coefficient (Wildman–Crippen LogP) is 5.41. The molecule has 1 atom stereocenters. The summed E-state index contributed by atoms with van der Waals surface area (Å²) in [6, 6.07) is 15.0. The number of benzene rings is 2. The SMILES string of the molecule is Cc1ccc(C(C)NC(=O)CCc2ccc(C(C)(C)C)cc2)c(C)c1. The Bertz CT molecular complexity index is 723. The van der Waals surface area contributed by atoms with Crippen molar-refractivity contribution in [1.82, 2.24) is 5.32 Å². The average molecular weight is 338 g/mol. The third-order valence-electron chi connectivity index (χ3n) is 4.73. The summed E-state index contributed by atoms with van der Waals surface area (Å²) >= 11 is 0. The third-order valence-corrected chi connectivity index (χ3v) is 4.73. The van der Waals surface area contributed by atoms with Crippen LogP contribution < -0.4 is 5.32 Å². The van der Waals surface area contributed by atoms with Crippen molar-refractivity contribution in [2.24, 2.45) is 0 Å². The molecule has 0 aliphatic heterocycles. The van der Waals surface area contributed by atoms with Gasteiger partial charge in [-0.2, -0.15) is 0 Å². The van der Waals surface area contributed by atoms with Gasteiger partial charge in [-0.05, 0) is 54.9 Å². The first-order valence-corrected chi connectivity index (χ1v) is 9.13. The fraction of sp³-hybridized carbons (Fsp3) is 0.435. The minimum Gasteiger partial charge on any atom is -0.350 e. The van der Waals surface area contributed by atoms with Gasteiger partial charge in [-0.3, -0.25) is 4.79 Å². The lowest BCUT2D eigenvalue weighted by molar-refractivity contribution is -0.121. The second-order valence-electron chi connectivity index (χ2n) is 8.10. The maximum absolute atomic E-state index is 12.3. The Morgan fingerprint density at radius 3 is 2.24 bits per heavy atom. The van der Waals surface area contributed by atoms with Gasteiger partial charge in [-0.25, -0.2) is 0 Å². The van der Waals surface area contributed by atoms with Crippen molar-refractivity contribution in [1.29, 1.82) is 0 Å². The van der Waals surface area contributed by atoms with Crippen molar-refractivity contribution in [3.8, 4) is 0 Å². The van der Waals surface area contributed by atoms with Crippen LogP contribution in [0.3, 0.4) is 0 Å². The summed E-state index contributed by atoms with van der Waals surface area (Å²) in [4.78, 5) is 12.3. The molecule has 25 heavy (non-hydrogen) atoms. The second-order valence-corrected chi connectivity index (χ2v) is 8.10. The Morgan fingerprint density at radius 2 is 1.68 bits per heavy atom. The fourth-order valence-corrected chi connectivity index (χ4v) is 3.13. The van der Waals surface area contributed by atoms with E-state index < -0.39 is 0 Å². The summed E-state index contributed by atoms with van der Waals surface area (Å²) in [7, 11) is 0. The summed E-state index contributed by atoms with van der Waals surface area (Å²) in [5, 5.41) is 3.12. The van der Waals surface area contributed by atoms with Gasteiger partial charge in [0.1, 0.15) is 0 Å². The monoisotopic (exact) mass is 337 g/mol. The van der Waals surface area contributed by atoms with Crippen LogP contribution in [0.2, 0.25) is 0 Å². The van der Waals surface area contributed by atoms with Gasteiger partial charge in [-0.15, -0.1) is 0 Å². The minimum absolute atomic E-state index is 0.0383. The molecular formula is C23H31NO. The molecule has 2 aromatic rings. The van der Waals surface area contributed by atoms with Crippen LogP contribution in [0.4, 0.5) is 0 Å². The molecule has 1 amide bonds. The Balaban J connectivity index is 1.90. The zero-order valence-corrected chi connectivity index (χ0v) is 16.4. The van der Waals surface area contributed by atoms with Gasteiger partial charge in [-0.1, -0.05) is 68.8 Å². The van der Waals surface area contributed by atoms with E-state index in [1.54, 1.807) is 0 Å². The van der Waals surface area contributed by atoms with Crippen LogP contribution in [0.1, 0.15) is 68.0 Å². The van der Waals surface area contributed by atoms with E-state index in [-0.39, 0.29) is 17.4 Å². The van der Waals surface area contributed by atoms with Crippen molar-refractivity contribution in [3.63, 3.8) is 0 Å². The maximum atomic E-state index is 12.3. The molecular weight excluding hydrogens is 306 g/mol. The molecule has 0 radical (unpaired) electrons. The summed E-state index contributed by atoms with van der Waals surface area (Å²) in [5.74, 6) is 0.104. The zero-order chi connectivity index (χ0) is 18.6. The highest BCUT2D eigenvalue weighted by Crippen LogP contribution is 2.22. The molecule has 2 heteroatoms. The Hall–Kier alpha value is -2.09. The summed E-state index contributed by atoms with van der Waals surface area (Å²) in [6.07, 6.45) is 1.29. The standard InChI is InChI=1S/C23H31NO/c1-16-7-13-21(17(2)15-16)18(3)24-22(25)14-10-19-8-11-20(12-9-19)23(4,5)6/h7-9,11-13,15,18H,10,14H2,1-6H3,(H,24,25). The molecule has 0 aromatic heterocycles. The van der Waals surface area contributed by atoms with E-state index in [9.17, 15) is 4.79 Å². The van der Waals surface area contributed by atoms with Crippen LogP contribution in [0.25, 0.3) is 0 Å². The summed E-state index contributed by atoms with van der Waals surface area (Å²) < 4.78 is 0. The average Bonchev–Trinajstić information content (AvgIpc) is 2.52. The molecule has 2 nitrogen and oxygen atoms in total. The van der Waals surface area contributed by atoms with Gasteiger partial charge in [0.25, 0.3) is 0 Å². The highest BCUT2D eigenvalue weighted by Gasteiger charge is 2.14. The number of nitrogens with one attached hydrogen (secondary N) is 1. The van der Waals surface area contributed by atoms with Crippen LogP contribution in [0.5, 0.6) is 0 Å². The van der Waals surface area contributed by atoms with E-state index in [4.69, 9.17) is 0 Å². The summed E-state index contributed by atoms with van der Waals surface area (Å²) in [5.41, 5.74) is 6.36. The first-order chi connectivity index (χ1) is 11.7. The van der Waals surface area contributed by atoms with Crippen LogP contribution in [0, 0.1) is 13.8 Å². The maximum Gasteiger partial charge on any atom is 0.220 e. The molecule has 0 aliphatic carbocycles. The van der Waals surface area contributed by atoms with E-state index in [0.717, 1.165) is 6.42 Å². The van der Waals surface area contributed by atoms with Gasteiger partial charge in [0.05, 0.1) is 6.04 Å². The number of hydrogen-bond acceptors (Lipinski definition) is 1. The van der Waals surface area contributed by atoms with Crippen molar-refractivity contribution in [3.05, 3.63) is 70.3 Å². The van der Waals surface area contributed by atoms with Crippen molar-refractivity contribution >= 4 is 5.91 Å². The Kier molecular flexibility index (Phi) is 6.05. The van der Waals surface area contributed by atoms with Gasteiger partial charge < -0.3 is 5.32 Å². The molecule has 0 heterocycles. The lowest BCUT2D eigenvalue weighted by Crippen LogP contribution is -2.27. The van der Waals surface area contributed by atoms with Gasteiger partial charge in [0.15, 0.2) is 0 Å². The van der Waals surface area contributed by atoms with Crippen molar-refractivity contribution in [2.75, 3.05) is 0 Å². The molecule has 134 valence electrons. The van der Waals surface area contributed by atoms with Crippen LogP contribution in [0.15, 0.2) is 42.5 Å². The lowest BCUT2D eigenvalue weighted by Gasteiger charge is -2.19. The first kappa shape index (κ1) is 19.2. The zero-order valence-electron chi connectivity index (χ0n) is 16.4. The van der Waals surface area contributed by atoms with E-state index in [0.29, 0.717) is 6.42 Å². The largest absolute Gasteiger partial charge is 0.350 e. The van der Waals surface area contributed by atoms with E-state index in [1.165, 1.54) is 27.8 Å². The van der Waals surface area contributed by atoms with Gasteiger partial charge in [0, 0.05) is 6.42 Å². The van der Waals surface area contributed by atoms with Crippen LogP contribution in [-0.4, -0.2) is 5.91 Å². The van der Waals surface area contributed by atoms with Gasteiger partial charge >= 0.3 is 0 Å². The highest BCUT2D eigenvalue weighted by atomic mass is 16.1. The number of carbonyl (C=O) groups excluding carboxylic acids is 1. The molecule has 2 aromatic carbocycles. The molecule has 2 rings (SSSR count). The Labute approximate surface area is 152 Å². The van der Waals surface area contributed by atoms with E-state index >= 15 is 0 Å². The number of aryl methyl sites for hydroxylation is 3. The molecule has 0 aliphatic rings. The predicted molar refractivity (Wildman–Crippen MR) is 106 cm³/mol. The smallest absolute Gasteiger partial charge is 0.220 e. The lowest BCUT2D eigenvalue weighted by atomic mass is 9.86. The molecule has 0 saturated heterocycles. The molecule has 0 bridgehead atoms. The second kappa shape index (κ2) is 7.86. The van der Waals surface area contributed by atoms with Crippen LogP contribution in [-0.2, 0) is 16.6 Å². The summed E-state index contributed by atoms with van der Waals surface area (Å²) in [6.45, 7) is 12.9. The fourth-order valence-electron chi connectivity index (χ4n) is 3.13. The highest BCUT2D eigenvalue weighted by molar-refractivity contribution is 5.76. The van der Waals surface area contributed by atoms with Crippen molar-refractivity contribution < 1.29 is 4.79 Å². The molecule has 1 unspecified atom stereocenters. The first-order valence-electron chi connectivity index (χ1n) is 9.13. The third kappa shape index (κ3) is 5.45. The van der Waals surface area contributed by atoms with Crippen molar-refractivity contribution in [2.45, 2.75) is 65.8 Å².